The molecule has 2 aromatic carbocycles. The summed E-state index contributed by atoms with van der Waals surface area (Å²) in [5.41, 5.74) is 3.55. The Morgan fingerprint density at radius 3 is 1.08 bits per heavy atom. The molecule has 0 atom stereocenters. The Morgan fingerprint density at radius 1 is 0.436 bits per heavy atom. The maximum Gasteiger partial charge on any atom is 0.135 e. The van der Waals surface area contributed by atoms with Crippen LogP contribution in [0.3, 0.4) is 0 Å². The van der Waals surface area contributed by atoms with Crippen LogP contribution in [0.2, 0.25) is 0 Å². The summed E-state index contributed by atoms with van der Waals surface area (Å²) in [6.07, 6.45) is 28.0. The van der Waals surface area contributed by atoms with Crippen molar-refractivity contribution < 1.29 is 14.6 Å². The van der Waals surface area contributed by atoms with Gasteiger partial charge in [0.05, 0.1) is 0 Å². The molecule has 3 aromatic rings. The average molecular weight is 537 g/mol. The van der Waals surface area contributed by atoms with E-state index in [0.717, 1.165) is 58.7 Å². The fourth-order valence-electron chi connectivity index (χ4n) is 5.94. The molecule has 2 N–H and O–H groups in total. The molecule has 0 aliphatic rings. The molecule has 0 aliphatic heterocycles. The van der Waals surface area contributed by atoms with Crippen LogP contribution in [0.4, 0.5) is 0 Å². The van der Waals surface area contributed by atoms with Gasteiger partial charge in [-0.2, -0.15) is 0 Å². The normalized spacial score (nSPS) is 11.7. The van der Waals surface area contributed by atoms with Crippen molar-refractivity contribution in [3.05, 3.63) is 35.4 Å². The second-order valence-corrected chi connectivity index (χ2v) is 11.9. The zero-order valence-electron chi connectivity index (χ0n) is 25.2. The standard InChI is InChI=1S/C36H56O3/c1-3-5-7-9-11-13-15-17-19-21-23-29-25-35-31(27-33(29)37)32-28-34(38)30(26-36(32)39-35)24-22-20-18-16-14-12-10-8-6-4-2/h25-28,37-38H,3-24H2,1-2H3. The Balaban J connectivity index is 1.44. The minimum atomic E-state index is 0.343. The van der Waals surface area contributed by atoms with Crippen molar-refractivity contribution in [3.8, 4) is 11.5 Å². The quantitative estimate of drug-likeness (QED) is 0.126. The first kappa shape index (κ1) is 31.4. The first-order valence-electron chi connectivity index (χ1n) is 16.5. The van der Waals surface area contributed by atoms with Crippen molar-refractivity contribution >= 4 is 21.9 Å². The van der Waals surface area contributed by atoms with E-state index in [1.807, 2.05) is 24.3 Å². The maximum atomic E-state index is 10.7. The number of furan rings is 1. The number of phenolic OH excluding ortho intramolecular Hbond substituents is 2. The average Bonchev–Trinajstić information content (AvgIpc) is 3.26. The summed E-state index contributed by atoms with van der Waals surface area (Å²) in [6.45, 7) is 4.54. The van der Waals surface area contributed by atoms with Gasteiger partial charge in [0.25, 0.3) is 0 Å². The van der Waals surface area contributed by atoms with Crippen molar-refractivity contribution in [2.75, 3.05) is 0 Å². The summed E-state index contributed by atoms with van der Waals surface area (Å²) in [5.74, 6) is 0.685. The molecule has 0 unspecified atom stereocenters. The van der Waals surface area contributed by atoms with Gasteiger partial charge >= 0.3 is 0 Å². The molecule has 0 aliphatic carbocycles. The van der Waals surface area contributed by atoms with Gasteiger partial charge in [0.15, 0.2) is 0 Å². The minimum absolute atomic E-state index is 0.343. The van der Waals surface area contributed by atoms with E-state index in [1.54, 1.807) is 0 Å². The zero-order chi connectivity index (χ0) is 27.7. The van der Waals surface area contributed by atoms with Gasteiger partial charge in [0.1, 0.15) is 22.7 Å². The lowest BCUT2D eigenvalue weighted by atomic mass is 10.0. The van der Waals surface area contributed by atoms with Crippen LogP contribution < -0.4 is 0 Å². The number of rotatable bonds is 22. The van der Waals surface area contributed by atoms with E-state index in [-0.39, 0.29) is 0 Å². The second-order valence-electron chi connectivity index (χ2n) is 11.9. The van der Waals surface area contributed by atoms with Crippen LogP contribution >= 0.6 is 0 Å². The van der Waals surface area contributed by atoms with Crippen LogP contribution in [0.15, 0.2) is 28.7 Å². The molecule has 3 nitrogen and oxygen atoms in total. The van der Waals surface area contributed by atoms with E-state index in [1.165, 1.54) is 116 Å². The predicted octanol–water partition coefficient (Wildman–Crippen LogP) is 11.9. The molecule has 1 heterocycles. The Labute approximate surface area is 238 Å². The van der Waals surface area contributed by atoms with E-state index < -0.39 is 0 Å². The highest BCUT2D eigenvalue weighted by molar-refractivity contribution is 6.06. The topological polar surface area (TPSA) is 53.6 Å². The Kier molecular flexibility index (Phi) is 14.7. The number of hydrogen-bond donors (Lipinski definition) is 2. The highest BCUT2D eigenvalue weighted by atomic mass is 16.3. The van der Waals surface area contributed by atoms with Gasteiger partial charge in [-0.25, -0.2) is 0 Å². The highest BCUT2D eigenvalue weighted by Gasteiger charge is 2.14. The van der Waals surface area contributed by atoms with Crippen LogP contribution in [-0.4, -0.2) is 10.2 Å². The van der Waals surface area contributed by atoms with Crippen LogP contribution in [0, 0.1) is 0 Å². The molecule has 0 saturated carbocycles. The summed E-state index contributed by atoms with van der Waals surface area (Å²) in [4.78, 5) is 0. The summed E-state index contributed by atoms with van der Waals surface area (Å²) in [6, 6.07) is 7.68. The molecule has 0 fully saturated rings. The monoisotopic (exact) mass is 536 g/mol. The van der Waals surface area contributed by atoms with Crippen LogP contribution in [0.5, 0.6) is 11.5 Å². The third-order valence-corrected chi connectivity index (χ3v) is 8.47. The molecule has 0 amide bonds. The molecule has 3 rings (SSSR count). The fraction of sp³-hybridized carbons (Fsp3) is 0.667. The number of phenols is 2. The lowest BCUT2D eigenvalue weighted by molar-refractivity contribution is 0.466. The van der Waals surface area contributed by atoms with Gasteiger partial charge < -0.3 is 14.6 Å². The fourth-order valence-corrected chi connectivity index (χ4v) is 5.94. The number of fused-ring (bicyclic) bond motifs is 3. The molecule has 218 valence electrons. The van der Waals surface area contributed by atoms with Crippen molar-refractivity contribution in [3.63, 3.8) is 0 Å². The molecule has 39 heavy (non-hydrogen) atoms. The third kappa shape index (κ3) is 10.7. The molecule has 1 aromatic heterocycles. The lowest BCUT2D eigenvalue weighted by Gasteiger charge is -2.06. The van der Waals surface area contributed by atoms with E-state index in [4.69, 9.17) is 4.42 Å². The number of hydrogen-bond acceptors (Lipinski definition) is 3. The van der Waals surface area contributed by atoms with Gasteiger partial charge in [-0.05, 0) is 61.1 Å². The first-order chi connectivity index (χ1) is 19.1. The number of aryl methyl sites for hydroxylation is 2. The summed E-state index contributed by atoms with van der Waals surface area (Å²) >= 11 is 0. The van der Waals surface area contributed by atoms with E-state index >= 15 is 0 Å². The number of aromatic hydroxyl groups is 2. The molecular weight excluding hydrogens is 480 g/mol. The van der Waals surface area contributed by atoms with Gasteiger partial charge in [-0.1, -0.05) is 129 Å². The van der Waals surface area contributed by atoms with Crippen LogP contribution in [0.1, 0.15) is 153 Å². The predicted molar refractivity (Wildman–Crippen MR) is 168 cm³/mol. The highest BCUT2D eigenvalue weighted by Crippen LogP contribution is 2.37. The summed E-state index contributed by atoms with van der Waals surface area (Å²) < 4.78 is 6.22. The zero-order valence-corrected chi connectivity index (χ0v) is 25.2. The van der Waals surface area contributed by atoms with Gasteiger partial charge in [0.2, 0.25) is 0 Å². The van der Waals surface area contributed by atoms with Crippen molar-refractivity contribution in [1.29, 1.82) is 0 Å². The van der Waals surface area contributed by atoms with Gasteiger partial charge in [-0.15, -0.1) is 0 Å². The van der Waals surface area contributed by atoms with Gasteiger partial charge in [0, 0.05) is 10.8 Å². The van der Waals surface area contributed by atoms with Crippen molar-refractivity contribution in [2.45, 2.75) is 155 Å². The third-order valence-electron chi connectivity index (χ3n) is 8.47. The Morgan fingerprint density at radius 2 is 0.744 bits per heavy atom. The Bertz CT molecular complexity index is 996. The van der Waals surface area contributed by atoms with E-state index in [2.05, 4.69) is 13.8 Å². The van der Waals surface area contributed by atoms with E-state index in [0.29, 0.717) is 11.5 Å². The summed E-state index contributed by atoms with van der Waals surface area (Å²) in [7, 11) is 0. The Hall–Kier alpha value is -2.16. The molecular formula is C36H56O3. The van der Waals surface area contributed by atoms with Crippen molar-refractivity contribution in [1.82, 2.24) is 0 Å². The van der Waals surface area contributed by atoms with Gasteiger partial charge in [-0.3, -0.25) is 0 Å². The maximum absolute atomic E-state index is 10.7. The second kappa shape index (κ2) is 18.2. The smallest absolute Gasteiger partial charge is 0.135 e. The molecule has 0 bridgehead atoms. The van der Waals surface area contributed by atoms with E-state index in [9.17, 15) is 10.2 Å². The summed E-state index contributed by atoms with van der Waals surface area (Å²) in [5, 5.41) is 23.2. The van der Waals surface area contributed by atoms with Crippen molar-refractivity contribution in [2.24, 2.45) is 0 Å². The number of unbranched alkanes of at least 4 members (excludes halogenated alkanes) is 18. The van der Waals surface area contributed by atoms with Crippen LogP contribution in [-0.2, 0) is 12.8 Å². The molecule has 3 heteroatoms. The molecule has 0 spiro atoms. The molecule has 0 radical (unpaired) electrons. The largest absolute Gasteiger partial charge is 0.508 e. The number of benzene rings is 2. The molecule has 0 saturated heterocycles. The van der Waals surface area contributed by atoms with Crippen LogP contribution in [0.25, 0.3) is 21.9 Å². The first-order valence-corrected chi connectivity index (χ1v) is 16.5. The lowest BCUT2D eigenvalue weighted by Crippen LogP contribution is -1.88. The minimum Gasteiger partial charge on any atom is -0.508 e. The SMILES string of the molecule is CCCCCCCCCCCCc1cc2oc3cc(CCCCCCCCCCCC)c(O)cc3c2cc1O.